The topological polar surface area (TPSA) is 103 Å². The normalized spacial score (nSPS) is 17.7. The van der Waals surface area contributed by atoms with E-state index in [0.717, 1.165) is 71.8 Å². The van der Waals surface area contributed by atoms with E-state index in [0.29, 0.717) is 29.6 Å². The molecule has 0 aliphatic carbocycles. The predicted octanol–water partition coefficient (Wildman–Crippen LogP) is 3.21. The first-order valence-electron chi connectivity index (χ1n) is 11.8. The van der Waals surface area contributed by atoms with Gasteiger partial charge >= 0.3 is 0 Å². The molecule has 8 nitrogen and oxygen atoms in total. The molecule has 35 heavy (non-hydrogen) atoms. The summed E-state index contributed by atoms with van der Waals surface area (Å²) in [6.07, 6.45) is 3.63. The number of methoxy groups -OCH3 is 1. The molecule has 180 valence electrons. The summed E-state index contributed by atoms with van der Waals surface area (Å²) in [5.74, 6) is 2.49. The number of ether oxygens (including phenoxy) is 1. The van der Waals surface area contributed by atoms with Crippen molar-refractivity contribution in [2.24, 2.45) is 5.92 Å². The van der Waals surface area contributed by atoms with Crippen LogP contribution in [0.25, 0.3) is 10.9 Å². The second-order valence-corrected chi connectivity index (χ2v) is 9.98. The number of nitriles is 1. The second-order valence-electron chi connectivity index (χ2n) is 8.97. The Kier molecular flexibility index (Phi) is 7.13. The molecule has 2 aromatic heterocycles. The van der Waals surface area contributed by atoms with E-state index in [2.05, 4.69) is 31.6 Å². The zero-order valence-corrected chi connectivity index (χ0v) is 20.5. The summed E-state index contributed by atoms with van der Waals surface area (Å²) in [7, 11) is 1.65. The number of benzene rings is 1. The minimum Gasteiger partial charge on any atom is -0.497 e. The molecule has 2 aliphatic rings. The highest BCUT2D eigenvalue weighted by Crippen LogP contribution is 2.30. The lowest BCUT2D eigenvalue weighted by Gasteiger charge is -2.18. The lowest BCUT2D eigenvalue weighted by Crippen LogP contribution is -2.28. The Morgan fingerprint density at radius 1 is 1.34 bits per heavy atom. The molecular formula is C26H28N6O2S. The zero-order valence-electron chi connectivity index (χ0n) is 19.7. The number of fused-ring (bicyclic) bond motifs is 2. The van der Waals surface area contributed by atoms with Gasteiger partial charge in [-0.25, -0.2) is 4.98 Å². The van der Waals surface area contributed by atoms with Crippen LogP contribution < -0.4 is 15.4 Å². The first-order chi connectivity index (χ1) is 17.1. The Balaban J connectivity index is 1.14. The fourth-order valence-corrected chi connectivity index (χ4v) is 5.54. The van der Waals surface area contributed by atoms with Crippen LogP contribution in [0.4, 0.5) is 5.82 Å². The average Bonchev–Trinajstić information content (AvgIpc) is 3.34. The number of anilines is 1. The number of thioether (sulfide) groups is 1. The molecular weight excluding hydrogens is 460 g/mol. The van der Waals surface area contributed by atoms with Gasteiger partial charge in [0.2, 0.25) is 5.91 Å². The molecule has 0 unspecified atom stereocenters. The van der Waals surface area contributed by atoms with Crippen LogP contribution in [0.5, 0.6) is 5.75 Å². The van der Waals surface area contributed by atoms with Crippen molar-refractivity contribution in [2.75, 3.05) is 44.4 Å². The zero-order chi connectivity index (χ0) is 24.2. The summed E-state index contributed by atoms with van der Waals surface area (Å²) in [4.78, 5) is 24.1. The third-order valence-corrected chi connectivity index (χ3v) is 7.67. The number of carbonyl (C=O) groups is 1. The van der Waals surface area contributed by atoms with Gasteiger partial charge in [0.1, 0.15) is 17.6 Å². The van der Waals surface area contributed by atoms with Crippen LogP contribution >= 0.6 is 11.8 Å². The maximum atomic E-state index is 11.6. The Morgan fingerprint density at radius 3 is 3.11 bits per heavy atom. The molecule has 1 atom stereocenters. The largest absolute Gasteiger partial charge is 0.497 e. The number of likely N-dealkylation sites (tertiary alicyclic amines) is 1. The molecule has 5 rings (SSSR count). The number of hydrogen-bond acceptors (Lipinski definition) is 8. The van der Waals surface area contributed by atoms with E-state index >= 15 is 0 Å². The predicted molar refractivity (Wildman–Crippen MR) is 137 cm³/mol. The number of pyridine rings is 2. The fourth-order valence-electron chi connectivity index (χ4n) is 4.78. The van der Waals surface area contributed by atoms with Crippen molar-refractivity contribution >= 4 is 34.4 Å². The smallest absolute Gasteiger partial charge is 0.235 e. The molecule has 0 radical (unpaired) electrons. The first kappa shape index (κ1) is 23.5. The van der Waals surface area contributed by atoms with Crippen molar-refractivity contribution in [1.82, 2.24) is 20.2 Å². The number of carbonyl (C=O) groups excluding carboxylic acids is 1. The number of aromatic nitrogens is 2. The molecule has 1 fully saturated rings. The minimum absolute atomic E-state index is 0.00643. The number of amides is 1. The van der Waals surface area contributed by atoms with Gasteiger partial charge in [-0.2, -0.15) is 5.26 Å². The molecule has 4 heterocycles. The van der Waals surface area contributed by atoms with Gasteiger partial charge in [0.25, 0.3) is 0 Å². The van der Waals surface area contributed by atoms with E-state index in [-0.39, 0.29) is 5.91 Å². The van der Waals surface area contributed by atoms with Crippen LogP contribution in [-0.2, 0) is 17.8 Å². The van der Waals surface area contributed by atoms with Gasteiger partial charge in [-0.05, 0) is 67.7 Å². The van der Waals surface area contributed by atoms with Crippen molar-refractivity contribution in [2.45, 2.75) is 24.3 Å². The van der Waals surface area contributed by atoms with Crippen molar-refractivity contribution in [3.8, 4) is 11.8 Å². The van der Waals surface area contributed by atoms with Crippen molar-refractivity contribution in [3.63, 3.8) is 0 Å². The fraction of sp³-hybridized carbons (Fsp3) is 0.385. The molecule has 9 heteroatoms. The third-order valence-electron chi connectivity index (χ3n) is 6.63. The van der Waals surface area contributed by atoms with Crippen LogP contribution in [0.15, 0.2) is 41.4 Å². The minimum atomic E-state index is 0.00643. The van der Waals surface area contributed by atoms with E-state index in [4.69, 9.17) is 4.74 Å². The molecule has 1 amide bonds. The van der Waals surface area contributed by atoms with E-state index in [1.54, 1.807) is 13.3 Å². The maximum absolute atomic E-state index is 11.6. The Hall–Kier alpha value is -3.19. The highest BCUT2D eigenvalue weighted by molar-refractivity contribution is 8.00. The molecule has 0 bridgehead atoms. The van der Waals surface area contributed by atoms with Crippen LogP contribution in [0.3, 0.4) is 0 Å². The van der Waals surface area contributed by atoms with E-state index in [1.165, 1.54) is 11.8 Å². The highest BCUT2D eigenvalue weighted by atomic mass is 32.2. The number of nitrogens with one attached hydrogen (secondary N) is 2. The van der Waals surface area contributed by atoms with Crippen molar-refractivity contribution in [3.05, 3.63) is 53.3 Å². The van der Waals surface area contributed by atoms with E-state index in [1.807, 2.05) is 30.3 Å². The lowest BCUT2D eigenvalue weighted by atomic mass is 10.0. The van der Waals surface area contributed by atoms with Crippen molar-refractivity contribution < 1.29 is 9.53 Å². The number of rotatable bonds is 8. The first-order valence-corrected chi connectivity index (χ1v) is 12.8. The molecule has 1 saturated heterocycles. The van der Waals surface area contributed by atoms with Crippen LogP contribution in [-0.4, -0.2) is 59.8 Å². The van der Waals surface area contributed by atoms with Gasteiger partial charge in [0.15, 0.2) is 0 Å². The molecule has 2 N–H and O–H groups in total. The van der Waals surface area contributed by atoms with Crippen LogP contribution in [0, 0.1) is 17.2 Å². The van der Waals surface area contributed by atoms with Gasteiger partial charge in [-0.3, -0.25) is 9.78 Å². The van der Waals surface area contributed by atoms with Gasteiger partial charge in [0, 0.05) is 31.2 Å². The van der Waals surface area contributed by atoms with Crippen molar-refractivity contribution in [1.29, 1.82) is 5.26 Å². The Labute approximate surface area is 209 Å². The van der Waals surface area contributed by atoms with E-state index in [9.17, 15) is 10.1 Å². The van der Waals surface area contributed by atoms with Gasteiger partial charge in [0.05, 0.1) is 34.5 Å². The average molecular weight is 489 g/mol. The monoisotopic (exact) mass is 488 g/mol. The number of nitrogens with zero attached hydrogens (tertiary/aromatic N) is 4. The summed E-state index contributed by atoms with van der Waals surface area (Å²) >= 11 is 1.53. The van der Waals surface area contributed by atoms with Gasteiger partial charge < -0.3 is 20.3 Å². The van der Waals surface area contributed by atoms with Crippen LogP contribution in [0.2, 0.25) is 0 Å². The standard InChI is InChI=1S/C26H28N6O2S/c1-34-20-3-4-23-22(10-20)21(18(11-27)13-29-23)7-9-32-8-6-17(15-32)12-28-14-19-2-5-24-26(30-19)31-25(33)16-35-24/h2-5,10,13,17,28H,6-9,12,14-16H2,1H3,(H,30,31,33)/t17-/m1/s1. The summed E-state index contributed by atoms with van der Waals surface area (Å²) in [5.41, 5.74) is 3.50. The second kappa shape index (κ2) is 10.6. The third kappa shape index (κ3) is 5.40. The Morgan fingerprint density at radius 2 is 2.26 bits per heavy atom. The van der Waals surface area contributed by atoms with Gasteiger partial charge in [-0.1, -0.05) is 0 Å². The van der Waals surface area contributed by atoms with Gasteiger partial charge in [-0.15, -0.1) is 11.8 Å². The van der Waals surface area contributed by atoms with E-state index < -0.39 is 0 Å². The molecule has 0 saturated carbocycles. The molecule has 2 aliphatic heterocycles. The maximum Gasteiger partial charge on any atom is 0.235 e. The number of hydrogen-bond donors (Lipinski definition) is 2. The Bertz CT molecular complexity index is 1290. The molecule has 1 aromatic carbocycles. The summed E-state index contributed by atoms with van der Waals surface area (Å²) < 4.78 is 5.39. The summed E-state index contributed by atoms with van der Waals surface area (Å²) in [6, 6.07) is 12.2. The SMILES string of the molecule is COc1ccc2ncc(C#N)c(CCN3CC[C@H](CNCc4ccc5c(n4)NC(=O)CS5)C3)c2c1. The van der Waals surface area contributed by atoms with Crippen LogP contribution in [0.1, 0.15) is 23.2 Å². The summed E-state index contributed by atoms with van der Waals surface area (Å²) in [6.45, 7) is 4.60. The lowest BCUT2D eigenvalue weighted by molar-refractivity contribution is -0.113. The molecule has 3 aromatic rings. The summed E-state index contributed by atoms with van der Waals surface area (Å²) in [5, 5.41) is 17.0. The molecule has 0 spiro atoms. The highest BCUT2D eigenvalue weighted by Gasteiger charge is 2.23. The quantitative estimate of drug-likeness (QED) is 0.498.